The maximum atomic E-state index is 10.8. The molecule has 0 saturated carbocycles. The second-order valence-corrected chi connectivity index (χ2v) is 17.2. The SMILES string of the molecule is CC(C)(CO)[N+](=O)[O-].CC(C)(COCOCC(C)(C)[N+](=O)[O-])[N+](=O)[O-].CCC(C)(COCOCC(C)(C)[N+](=O)[O-])[N+](=O)[O-].CCC(C)(COCOCC(C)(CC)[N+](=O)[O-])[N+](=O)[O-]. The van der Waals surface area contributed by atoms with Crippen molar-refractivity contribution in [1.82, 2.24) is 0 Å². The molecule has 0 aliphatic carbocycles. The molecule has 28 nitrogen and oxygen atoms in total. The predicted octanol–water partition coefficient (Wildman–Crippen LogP) is 4.47. The summed E-state index contributed by atoms with van der Waals surface area (Å²) in [5.74, 6) is 0. The third-order valence-electron chi connectivity index (χ3n) is 9.08. The van der Waals surface area contributed by atoms with E-state index in [2.05, 4.69) is 0 Å². The summed E-state index contributed by atoms with van der Waals surface area (Å²) in [6.45, 7) is 19.3. The molecule has 3 unspecified atom stereocenters. The molecule has 3 atom stereocenters. The van der Waals surface area contributed by atoms with E-state index in [1.807, 2.05) is 0 Å². The molecule has 0 rings (SSSR count). The zero-order valence-electron chi connectivity index (χ0n) is 38.4. The number of aliphatic hydroxyl groups excluding tert-OH is 1. The molecule has 0 amide bonds. The molecule has 0 aromatic carbocycles. The van der Waals surface area contributed by atoms with Crippen molar-refractivity contribution < 1.29 is 68.0 Å². The van der Waals surface area contributed by atoms with Gasteiger partial charge >= 0.3 is 0 Å². The largest absolute Gasteiger partial charge is 0.389 e. The topological polar surface area (TPSA) is 378 Å². The zero-order chi connectivity index (χ0) is 50.0. The van der Waals surface area contributed by atoms with Crippen LogP contribution >= 0.6 is 0 Å². The molecule has 0 fully saturated rings. The summed E-state index contributed by atoms with van der Waals surface area (Å²) in [5.41, 5.74) is -8.21. The lowest BCUT2D eigenvalue weighted by Gasteiger charge is -2.21. The van der Waals surface area contributed by atoms with Crippen LogP contribution in [0, 0.1) is 70.8 Å². The highest BCUT2D eigenvalue weighted by Crippen LogP contribution is 2.17. The van der Waals surface area contributed by atoms with Crippen LogP contribution in [-0.4, -0.2) is 145 Å². The van der Waals surface area contributed by atoms with Crippen molar-refractivity contribution in [2.24, 2.45) is 0 Å². The minimum absolute atomic E-state index is 0.0855. The molecule has 28 heteroatoms. The van der Waals surface area contributed by atoms with Crippen LogP contribution in [0.3, 0.4) is 0 Å². The monoisotopic (exact) mass is 911 g/mol. The number of hydrogen-bond acceptors (Lipinski definition) is 21. The van der Waals surface area contributed by atoms with E-state index in [0.717, 1.165) is 0 Å². The van der Waals surface area contributed by atoms with Crippen LogP contribution in [0.2, 0.25) is 0 Å². The van der Waals surface area contributed by atoms with Crippen LogP contribution in [-0.2, 0) is 28.4 Å². The lowest BCUT2D eigenvalue weighted by molar-refractivity contribution is -0.574. The van der Waals surface area contributed by atoms with Crippen LogP contribution < -0.4 is 0 Å². The quantitative estimate of drug-likeness (QED) is 0.0468. The summed E-state index contributed by atoms with van der Waals surface area (Å²) in [6.07, 6.45) is 1.00. The Morgan fingerprint density at radius 2 is 0.516 bits per heavy atom. The lowest BCUT2D eigenvalue weighted by atomic mass is 10.0. The molecule has 0 aromatic rings. The van der Waals surface area contributed by atoms with Crippen LogP contribution in [0.25, 0.3) is 0 Å². The van der Waals surface area contributed by atoms with Crippen LogP contribution in [0.1, 0.15) is 116 Å². The number of ether oxygens (including phenoxy) is 6. The zero-order valence-corrected chi connectivity index (χ0v) is 38.4. The fourth-order valence-corrected chi connectivity index (χ4v) is 2.90. The highest BCUT2D eigenvalue weighted by molar-refractivity contribution is 4.73. The van der Waals surface area contributed by atoms with Crippen molar-refractivity contribution in [2.45, 2.75) is 155 Å². The molecule has 0 aromatic heterocycles. The molecule has 62 heavy (non-hydrogen) atoms. The van der Waals surface area contributed by atoms with Crippen molar-refractivity contribution in [3.8, 4) is 0 Å². The van der Waals surface area contributed by atoms with Gasteiger partial charge in [-0.3, -0.25) is 70.8 Å². The van der Waals surface area contributed by atoms with Gasteiger partial charge in [0.15, 0.2) is 0 Å². The third kappa shape index (κ3) is 26.1. The van der Waals surface area contributed by atoms with E-state index in [4.69, 9.17) is 33.5 Å². The Kier molecular flexibility index (Phi) is 30.0. The van der Waals surface area contributed by atoms with E-state index >= 15 is 0 Å². The Morgan fingerprint density at radius 3 is 0.629 bits per heavy atom. The molecule has 0 spiro atoms. The van der Waals surface area contributed by atoms with Crippen molar-refractivity contribution in [3.05, 3.63) is 70.8 Å². The van der Waals surface area contributed by atoms with Crippen LogP contribution in [0.15, 0.2) is 0 Å². The van der Waals surface area contributed by atoms with Gasteiger partial charge in [-0.15, -0.1) is 0 Å². The number of nitro groups is 7. The Labute approximate surface area is 360 Å². The number of aliphatic hydroxyl groups is 1. The summed E-state index contributed by atoms with van der Waals surface area (Å²) >= 11 is 0. The Balaban J connectivity index is -0.000000374. The van der Waals surface area contributed by atoms with Gasteiger partial charge in [-0.05, 0) is 0 Å². The van der Waals surface area contributed by atoms with Gasteiger partial charge in [-0.1, -0.05) is 20.8 Å². The Hall–Kier alpha value is -4.48. The second-order valence-electron chi connectivity index (χ2n) is 17.2. The van der Waals surface area contributed by atoms with E-state index in [9.17, 15) is 70.8 Å². The fourth-order valence-electron chi connectivity index (χ4n) is 2.90. The molecule has 366 valence electrons. The van der Waals surface area contributed by atoms with Gasteiger partial charge < -0.3 is 33.5 Å². The van der Waals surface area contributed by atoms with Gasteiger partial charge in [-0.25, -0.2) is 0 Å². The van der Waals surface area contributed by atoms with Gasteiger partial charge in [0.05, 0.1) is 0 Å². The number of rotatable bonds is 29. The standard InChI is InChI=1S/C11H22N2O6.C10H20N2O6.C9H18N2O6.C4H9NO3/c1-5-10(3,12(14)15)7-18-9-19-8-11(4,6-2)13(16)17;1-5-10(4,12(15)16)7-18-8-17-6-9(2,3)11(13)14;1-8(2,10(12)13)5-16-7-17-6-9(3,4)11(14)15;1-4(2,3-6)5(7)8/h5-9H2,1-4H3;5-8H2,1-4H3;5-7H2,1-4H3;6H,3H2,1-2H3. The van der Waals surface area contributed by atoms with Gasteiger partial charge in [0, 0.05) is 130 Å². The summed E-state index contributed by atoms with van der Waals surface area (Å²) in [7, 11) is 0. The lowest BCUT2D eigenvalue weighted by Crippen LogP contribution is -2.41. The normalized spacial score (nSPS) is 14.6. The van der Waals surface area contributed by atoms with Gasteiger partial charge in [-0.2, -0.15) is 0 Å². The van der Waals surface area contributed by atoms with E-state index in [-0.39, 0.29) is 69.9 Å². The van der Waals surface area contributed by atoms with Crippen molar-refractivity contribution in [1.29, 1.82) is 0 Å². The molecule has 0 bridgehead atoms. The predicted molar refractivity (Wildman–Crippen MR) is 219 cm³/mol. The molecule has 0 saturated heterocycles. The first-order valence-corrected chi connectivity index (χ1v) is 19.1. The molecule has 1 N–H and O–H groups in total. The fraction of sp³-hybridized carbons (Fsp3) is 1.00. The summed E-state index contributed by atoms with van der Waals surface area (Å²) in [5, 5.41) is 82.2. The smallest absolute Gasteiger partial charge is 0.242 e. The average Bonchev–Trinajstić information content (AvgIpc) is 3.17. The molecule has 0 heterocycles. The number of hydrogen-bond donors (Lipinski definition) is 1. The third-order valence-corrected chi connectivity index (χ3v) is 9.08. The van der Waals surface area contributed by atoms with Crippen molar-refractivity contribution in [2.75, 3.05) is 66.6 Å². The Bertz CT molecular complexity index is 1360. The summed E-state index contributed by atoms with van der Waals surface area (Å²) in [4.78, 5) is 70.9. The first-order valence-electron chi connectivity index (χ1n) is 19.1. The molecular weight excluding hydrogens is 842 g/mol. The average molecular weight is 912 g/mol. The van der Waals surface area contributed by atoms with E-state index in [1.54, 1.807) is 20.8 Å². The molecular formula is C34H69N7O21. The van der Waals surface area contributed by atoms with E-state index in [0.29, 0.717) is 19.3 Å². The molecule has 0 radical (unpaired) electrons. The molecule has 0 aliphatic rings. The van der Waals surface area contributed by atoms with Crippen LogP contribution in [0.5, 0.6) is 0 Å². The molecule has 0 aliphatic heterocycles. The minimum atomic E-state index is -1.19. The van der Waals surface area contributed by atoms with E-state index < -0.39 is 70.0 Å². The highest BCUT2D eigenvalue weighted by atomic mass is 16.7. The summed E-state index contributed by atoms with van der Waals surface area (Å²) < 4.78 is 30.1. The van der Waals surface area contributed by atoms with Gasteiger partial charge in [0.2, 0.25) is 38.8 Å². The maximum Gasteiger partial charge on any atom is 0.242 e. The first-order chi connectivity index (χ1) is 28.0. The highest BCUT2D eigenvalue weighted by Gasteiger charge is 2.38. The number of nitrogens with zero attached hydrogens (tertiary/aromatic N) is 7. The van der Waals surface area contributed by atoms with Crippen LogP contribution in [0.4, 0.5) is 0 Å². The van der Waals surface area contributed by atoms with Gasteiger partial charge in [0.25, 0.3) is 0 Å². The van der Waals surface area contributed by atoms with E-state index in [1.165, 1.54) is 76.2 Å². The van der Waals surface area contributed by atoms with Gasteiger partial charge in [0.1, 0.15) is 66.6 Å². The van der Waals surface area contributed by atoms with Crippen molar-refractivity contribution in [3.63, 3.8) is 0 Å². The maximum absolute atomic E-state index is 10.8. The Morgan fingerprint density at radius 1 is 0.339 bits per heavy atom. The second kappa shape index (κ2) is 29.0. The summed E-state index contributed by atoms with van der Waals surface area (Å²) in [6, 6.07) is 0. The minimum Gasteiger partial charge on any atom is -0.389 e. The van der Waals surface area contributed by atoms with Crippen molar-refractivity contribution >= 4 is 0 Å². The first kappa shape index (κ1) is 64.1.